The van der Waals surface area contributed by atoms with Crippen molar-refractivity contribution in [1.29, 1.82) is 0 Å². The van der Waals surface area contributed by atoms with Crippen molar-refractivity contribution in [2.75, 3.05) is 19.0 Å². The second-order valence-electron chi connectivity index (χ2n) is 7.85. The first kappa shape index (κ1) is 21.8. The van der Waals surface area contributed by atoms with Gasteiger partial charge in [0.1, 0.15) is 5.75 Å². The lowest BCUT2D eigenvalue weighted by Gasteiger charge is -2.27. The second kappa shape index (κ2) is 9.40. The van der Waals surface area contributed by atoms with E-state index in [0.29, 0.717) is 23.1 Å². The van der Waals surface area contributed by atoms with Crippen LogP contribution in [0.25, 0.3) is 0 Å². The standard InChI is InChI=1S/C24H27N5O2S/c1-15-14-17(16(2)26-15)23-22(19-9-6-7-12-25-19)28-24(32)29(23)13-11-21(30)27-18-8-4-5-10-20(18)31-3/h4-10,12,14,22-23,26H,11,13H2,1-3H3,(H,27,30)(H,28,32)/t22-,23+/m1/s1. The third-order valence-electron chi connectivity index (χ3n) is 5.67. The highest BCUT2D eigenvalue weighted by Crippen LogP contribution is 2.40. The van der Waals surface area contributed by atoms with Gasteiger partial charge >= 0.3 is 0 Å². The van der Waals surface area contributed by atoms with Gasteiger partial charge in [0.15, 0.2) is 5.11 Å². The Morgan fingerprint density at radius 3 is 2.69 bits per heavy atom. The van der Waals surface area contributed by atoms with Crippen molar-refractivity contribution in [3.05, 3.63) is 77.4 Å². The molecule has 0 aliphatic carbocycles. The Bertz CT molecular complexity index is 1110. The van der Waals surface area contributed by atoms with E-state index in [0.717, 1.165) is 22.6 Å². The number of benzene rings is 1. The minimum atomic E-state index is -0.102. The van der Waals surface area contributed by atoms with E-state index >= 15 is 0 Å². The number of aryl methyl sites for hydroxylation is 2. The van der Waals surface area contributed by atoms with Crippen molar-refractivity contribution < 1.29 is 9.53 Å². The monoisotopic (exact) mass is 449 g/mol. The average molecular weight is 450 g/mol. The number of carbonyl (C=O) groups is 1. The van der Waals surface area contributed by atoms with E-state index in [2.05, 4.69) is 38.5 Å². The molecule has 32 heavy (non-hydrogen) atoms. The molecule has 1 saturated heterocycles. The number of nitrogens with zero attached hydrogens (tertiary/aromatic N) is 2. The van der Waals surface area contributed by atoms with Crippen LogP contribution < -0.4 is 15.4 Å². The Labute approximate surface area is 193 Å². The van der Waals surface area contributed by atoms with Crippen LogP contribution in [0.1, 0.15) is 41.1 Å². The van der Waals surface area contributed by atoms with E-state index in [1.54, 1.807) is 13.3 Å². The van der Waals surface area contributed by atoms with Crippen molar-refractivity contribution >= 4 is 28.9 Å². The summed E-state index contributed by atoms with van der Waals surface area (Å²) in [6.07, 6.45) is 2.07. The number of carbonyl (C=O) groups excluding carboxylic acids is 1. The molecule has 0 radical (unpaired) electrons. The van der Waals surface area contributed by atoms with Gasteiger partial charge in [0.05, 0.1) is 30.6 Å². The lowest BCUT2D eigenvalue weighted by molar-refractivity contribution is -0.116. The largest absolute Gasteiger partial charge is 0.495 e. The van der Waals surface area contributed by atoms with Gasteiger partial charge in [-0.2, -0.15) is 0 Å². The van der Waals surface area contributed by atoms with E-state index in [9.17, 15) is 4.79 Å². The first-order valence-corrected chi connectivity index (χ1v) is 11.0. The molecule has 2 aromatic heterocycles. The number of nitrogens with one attached hydrogen (secondary N) is 3. The fourth-order valence-electron chi connectivity index (χ4n) is 4.22. The Hall–Kier alpha value is -3.39. The van der Waals surface area contributed by atoms with Gasteiger partial charge in [-0.1, -0.05) is 18.2 Å². The molecule has 8 heteroatoms. The molecule has 1 amide bonds. The zero-order chi connectivity index (χ0) is 22.7. The van der Waals surface area contributed by atoms with Crippen LogP contribution in [0.5, 0.6) is 5.75 Å². The van der Waals surface area contributed by atoms with E-state index in [1.165, 1.54) is 0 Å². The number of H-pyrrole nitrogens is 1. The third kappa shape index (κ3) is 4.45. The zero-order valence-electron chi connectivity index (χ0n) is 18.4. The molecule has 3 heterocycles. The molecule has 166 valence electrons. The van der Waals surface area contributed by atoms with E-state index in [-0.39, 0.29) is 24.4 Å². The van der Waals surface area contributed by atoms with Crippen LogP contribution in [0.2, 0.25) is 0 Å². The van der Waals surface area contributed by atoms with Gasteiger partial charge in [0.2, 0.25) is 5.91 Å². The van der Waals surface area contributed by atoms with E-state index < -0.39 is 0 Å². The summed E-state index contributed by atoms with van der Waals surface area (Å²) in [4.78, 5) is 22.8. The van der Waals surface area contributed by atoms with E-state index in [4.69, 9.17) is 17.0 Å². The number of rotatable bonds is 7. The van der Waals surface area contributed by atoms with Crippen molar-refractivity contribution in [3.63, 3.8) is 0 Å². The summed E-state index contributed by atoms with van der Waals surface area (Å²) < 4.78 is 5.33. The smallest absolute Gasteiger partial charge is 0.226 e. The van der Waals surface area contributed by atoms with Crippen molar-refractivity contribution in [2.45, 2.75) is 32.4 Å². The summed E-state index contributed by atoms with van der Waals surface area (Å²) in [6.45, 7) is 4.58. The van der Waals surface area contributed by atoms with Gasteiger partial charge in [-0.3, -0.25) is 9.78 Å². The van der Waals surface area contributed by atoms with Gasteiger partial charge in [-0.25, -0.2) is 0 Å². The van der Waals surface area contributed by atoms with Crippen LogP contribution in [0.15, 0.2) is 54.7 Å². The van der Waals surface area contributed by atoms with E-state index in [1.807, 2.05) is 49.4 Å². The summed E-state index contributed by atoms with van der Waals surface area (Å²) in [5.74, 6) is 0.532. The number of aromatic nitrogens is 2. The number of para-hydroxylation sites is 2. The van der Waals surface area contributed by atoms with Crippen LogP contribution in [-0.4, -0.2) is 39.5 Å². The van der Waals surface area contributed by atoms with Gasteiger partial charge < -0.3 is 25.3 Å². The lowest BCUT2D eigenvalue weighted by atomic mass is 9.96. The van der Waals surface area contributed by atoms with Crippen LogP contribution in [0.4, 0.5) is 5.69 Å². The fourth-order valence-corrected chi connectivity index (χ4v) is 4.55. The normalized spacial score (nSPS) is 17.8. The predicted octanol–water partition coefficient (Wildman–Crippen LogP) is 4.04. The number of hydrogen-bond donors (Lipinski definition) is 3. The van der Waals surface area contributed by atoms with Crippen LogP contribution in [0.3, 0.4) is 0 Å². The van der Waals surface area contributed by atoms with Crippen molar-refractivity contribution in [3.8, 4) is 5.75 Å². The minimum Gasteiger partial charge on any atom is -0.495 e. The maximum atomic E-state index is 12.7. The fraction of sp³-hybridized carbons (Fsp3) is 0.292. The molecule has 0 saturated carbocycles. The molecular weight excluding hydrogens is 422 g/mol. The van der Waals surface area contributed by atoms with Crippen molar-refractivity contribution in [2.24, 2.45) is 0 Å². The van der Waals surface area contributed by atoms with Gasteiger partial charge in [-0.05, 0) is 62.0 Å². The van der Waals surface area contributed by atoms with Crippen LogP contribution in [-0.2, 0) is 4.79 Å². The Morgan fingerprint density at radius 1 is 1.22 bits per heavy atom. The Kier molecular flexibility index (Phi) is 6.41. The number of thiocarbonyl (C=S) groups is 1. The number of amides is 1. The average Bonchev–Trinajstić information content (AvgIpc) is 3.30. The molecule has 4 rings (SSSR count). The molecule has 1 fully saturated rings. The molecule has 2 atom stereocenters. The maximum absolute atomic E-state index is 12.7. The quantitative estimate of drug-likeness (QED) is 0.473. The summed E-state index contributed by atoms with van der Waals surface area (Å²) in [6, 6.07) is 15.2. The lowest BCUT2D eigenvalue weighted by Crippen LogP contribution is -2.32. The van der Waals surface area contributed by atoms with Crippen molar-refractivity contribution in [1.82, 2.24) is 20.2 Å². The highest BCUT2D eigenvalue weighted by Gasteiger charge is 2.40. The zero-order valence-corrected chi connectivity index (χ0v) is 19.2. The number of ether oxygens (including phenoxy) is 1. The molecular formula is C24H27N5O2S. The molecule has 7 nitrogen and oxygen atoms in total. The molecule has 0 bridgehead atoms. The molecule has 3 N–H and O–H groups in total. The third-order valence-corrected chi connectivity index (χ3v) is 6.02. The number of aromatic amines is 1. The predicted molar refractivity (Wildman–Crippen MR) is 129 cm³/mol. The number of hydrogen-bond acceptors (Lipinski definition) is 4. The number of anilines is 1. The van der Waals surface area contributed by atoms with Gasteiger partial charge in [0.25, 0.3) is 0 Å². The Morgan fingerprint density at radius 2 is 2.00 bits per heavy atom. The second-order valence-corrected chi connectivity index (χ2v) is 8.24. The molecule has 1 aliphatic heterocycles. The number of pyridine rings is 1. The summed E-state index contributed by atoms with van der Waals surface area (Å²) in [7, 11) is 1.59. The van der Waals surface area contributed by atoms with Crippen LogP contribution >= 0.6 is 12.2 Å². The summed E-state index contributed by atoms with van der Waals surface area (Å²) in [5, 5.41) is 6.99. The first-order chi connectivity index (χ1) is 15.5. The summed E-state index contributed by atoms with van der Waals surface area (Å²) in [5.41, 5.74) is 4.89. The topological polar surface area (TPSA) is 82.3 Å². The SMILES string of the molecule is COc1ccccc1NC(=O)CCN1C(=S)N[C@H](c2ccccn2)[C@@H]1c1cc(C)[nH]c1C. The van der Waals surface area contributed by atoms with Crippen LogP contribution in [0, 0.1) is 13.8 Å². The number of methoxy groups -OCH3 is 1. The van der Waals surface area contributed by atoms with Gasteiger partial charge in [-0.15, -0.1) is 0 Å². The molecule has 1 aromatic carbocycles. The van der Waals surface area contributed by atoms with Gasteiger partial charge in [0, 0.05) is 30.6 Å². The Balaban J connectivity index is 1.55. The highest BCUT2D eigenvalue weighted by molar-refractivity contribution is 7.80. The first-order valence-electron chi connectivity index (χ1n) is 10.5. The molecule has 1 aliphatic rings. The highest BCUT2D eigenvalue weighted by atomic mass is 32.1. The maximum Gasteiger partial charge on any atom is 0.226 e. The molecule has 3 aromatic rings. The molecule has 0 spiro atoms. The molecule has 0 unspecified atom stereocenters. The minimum absolute atomic E-state index is 0.0681. The summed E-state index contributed by atoms with van der Waals surface area (Å²) >= 11 is 5.69.